The molecule has 0 aliphatic carbocycles. The highest BCUT2D eigenvalue weighted by molar-refractivity contribution is 7.89. The van der Waals surface area contributed by atoms with Gasteiger partial charge in [-0.3, -0.25) is 0 Å². The van der Waals surface area contributed by atoms with E-state index in [0.29, 0.717) is 11.7 Å². The summed E-state index contributed by atoms with van der Waals surface area (Å²) in [6.07, 6.45) is 1.28. The zero-order chi connectivity index (χ0) is 14.8. The lowest BCUT2D eigenvalue weighted by molar-refractivity contribution is 0.239. The van der Waals surface area contributed by atoms with Crippen LogP contribution in [0.3, 0.4) is 0 Å². The molecule has 0 aliphatic rings. The molecule has 4 heteroatoms. The molecule has 1 aromatic carbocycles. The Morgan fingerprint density at radius 3 is 2.16 bits per heavy atom. The lowest BCUT2D eigenvalue weighted by Crippen LogP contribution is -2.11. The van der Waals surface area contributed by atoms with Crippen molar-refractivity contribution in [3.05, 3.63) is 28.8 Å². The Kier molecular flexibility index (Phi) is 5.02. The summed E-state index contributed by atoms with van der Waals surface area (Å²) in [4.78, 5) is 0. The molecule has 19 heavy (non-hydrogen) atoms. The van der Waals surface area contributed by atoms with E-state index in [-0.39, 0.29) is 11.9 Å². The third-order valence-electron chi connectivity index (χ3n) is 2.81. The van der Waals surface area contributed by atoms with E-state index in [2.05, 4.69) is 19.9 Å². The van der Waals surface area contributed by atoms with Gasteiger partial charge in [0.05, 0.1) is 11.9 Å². The number of rotatable bonds is 5. The normalized spacial score (nSPS) is 12.2. The van der Waals surface area contributed by atoms with E-state index in [1.54, 1.807) is 0 Å². The first-order valence-corrected chi connectivity index (χ1v) is 8.64. The van der Waals surface area contributed by atoms with Crippen molar-refractivity contribution in [3.63, 3.8) is 0 Å². The molecule has 0 atom stereocenters. The van der Waals surface area contributed by atoms with Gasteiger partial charge in [-0.05, 0) is 37.8 Å². The average Bonchev–Trinajstić information content (AvgIpc) is 2.19. The highest BCUT2D eigenvalue weighted by Gasteiger charge is 2.16. The van der Waals surface area contributed by atoms with E-state index >= 15 is 0 Å². The first-order chi connectivity index (χ1) is 8.60. The second kappa shape index (κ2) is 5.95. The molecule has 0 amide bonds. The van der Waals surface area contributed by atoms with E-state index in [4.69, 9.17) is 4.74 Å². The van der Waals surface area contributed by atoms with Gasteiger partial charge >= 0.3 is 0 Å². The second-order valence-corrected chi connectivity index (χ2v) is 7.86. The Hall–Kier alpha value is -1.03. The van der Waals surface area contributed by atoms with Crippen molar-refractivity contribution in [1.82, 2.24) is 0 Å². The molecule has 1 rings (SSSR count). The maximum atomic E-state index is 11.6. The summed E-state index contributed by atoms with van der Waals surface area (Å²) >= 11 is 0. The van der Waals surface area contributed by atoms with Gasteiger partial charge < -0.3 is 4.74 Å². The molecule has 0 saturated carbocycles. The molecule has 0 spiro atoms. The molecule has 1 aromatic rings. The first kappa shape index (κ1) is 16.0. The Balaban J connectivity index is 3.35. The second-order valence-electron chi connectivity index (χ2n) is 5.72. The third kappa shape index (κ3) is 4.86. The van der Waals surface area contributed by atoms with Gasteiger partial charge in [-0.15, -0.1) is 0 Å². The summed E-state index contributed by atoms with van der Waals surface area (Å²) in [7, 11) is -3.07. The molecular weight excluding hydrogens is 260 g/mol. The number of sulfone groups is 1. The Morgan fingerprint density at radius 2 is 1.74 bits per heavy atom. The minimum absolute atomic E-state index is 0.0243. The molecule has 0 N–H and O–H groups in total. The quantitative estimate of drug-likeness (QED) is 0.831. The van der Waals surface area contributed by atoms with Crippen LogP contribution in [0.4, 0.5) is 0 Å². The van der Waals surface area contributed by atoms with Crippen LogP contribution in [0.2, 0.25) is 0 Å². The first-order valence-electron chi connectivity index (χ1n) is 6.58. The van der Waals surface area contributed by atoms with Crippen molar-refractivity contribution < 1.29 is 13.2 Å². The van der Waals surface area contributed by atoms with Gasteiger partial charge in [-0.25, -0.2) is 8.42 Å². The van der Waals surface area contributed by atoms with Crippen molar-refractivity contribution in [2.24, 2.45) is 0 Å². The summed E-state index contributed by atoms with van der Waals surface area (Å²) < 4.78 is 28.9. The molecule has 0 radical (unpaired) electrons. The van der Waals surface area contributed by atoms with Crippen LogP contribution in [-0.2, 0) is 15.6 Å². The van der Waals surface area contributed by atoms with E-state index in [1.165, 1.54) is 6.26 Å². The predicted octanol–water partition coefficient (Wildman–Crippen LogP) is 3.45. The lowest BCUT2D eigenvalue weighted by Gasteiger charge is -2.19. The fraction of sp³-hybridized carbons (Fsp3) is 0.600. The van der Waals surface area contributed by atoms with E-state index in [1.807, 2.05) is 26.8 Å². The van der Waals surface area contributed by atoms with Gasteiger partial charge in [0.2, 0.25) is 0 Å². The van der Waals surface area contributed by atoms with Crippen LogP contribution in [0.15, 0.2) is 12.1 Å². The van der Waals surface area contributed by atoms with Gasteiger partial charge in [0.1, 0.15) is 5.75 Å². The number of hydrogen-bond donors (Lipinski definition) is 0. The molecular formula is C15H24O3S. The van der Waals surface area contributed by atoms with Gasteiger partial charge in [0.15, 0.2) is 9.84 Å². The minimum atomic E-state index is -3.07. The molecule has 0 bridgehead atoms. The zero-order valence-corrected chi connectivity index (χ0v) is 13.5. The summed E-state index contributed by atoms with van der Waals surface area (Å²) in [5.41, 5.74) is 2.91. The fourth-order valence-electron chi connectivity index (χ4n) is 2.00. The number of hydrogen-bond acceptors (Lipinski definition) is 3. The zero-order valence-electron chi connectivity index (χ0n) is 12.6. The number of benzene rings is 1. The molecule has 0 aliphatic heterocycles. The lowest BCUT2D eigenvalue weighted by atomic mass is 9.97. The number of ether oxygens (including phenoxy) is 1. The van der Waals surface area contributed by atoms with Crippen molar-refractivity contribution in [1.29, 1.82) is 0 Å². The van der Waals surface area contributed by atoms with E-state index in [9.17, 15) is 8.42 Å². The topological polar surface area (TPSA) is 43.4 Å². The maximum absolute atomic E-state index is 11.6. The van der Waals surface area contributed by atoms with Crippen LogP contribution in [0.5, 0.6) is 5.75 Å². The highest BCUT2D eigenvalue weighted by atomic mass is 32.2. The summed E-state index contributed by atoms with van der Waals surface area (Å²) in [6.45, 7) is 10.1. The molecule has 3 nitrogen and oxygen atoms in total. The third-order valence-corrected chi connectivity index (χ3v) is 3.65. The van der Waals surface area contributed by atoms with Gasteiger partial charge in [-0.1, -0.05) is 26.0 Å². The van der Waals surface area contributed by atoms with Gasteiger partial charge in [0, 0.05) is 11.8 Å². The molecule has 0 fully saturated rings. The van der Waals surface area contributed by atoms with Crippen LogP contribution in [-0.4, -0.2) is 20.8 Å². The molecule has 0 unspecified atom stereocenters. The van der Waals surface area contributed by atoms with Crippen LogP contribution < -0.4 is 4.74 Å². The van der Waals surface area contributed by atoms with Crippen molar-refractivity contribution in [2.45, 2.75) is 52.4 Å². The van der Waals surface area contributed by atoms with Crippen molar-refractivity contribution >= 4 is 9.84 Å². The Bertz CT molecular complexity index is 543. The molecule has 0 saturated heterocycles. The van der Waals surface area contributed by atoms with Gasteiger partial charge in [0.25, 0.3) is 0 Å². The summed E-state index contributed by atoms with van der Waals surface area (Å²) in [5, 5.41) is 0. The average molecular weight is 284 g/mol. The molecule has 0 aromatic heterocycles. The Labute approximate surface area is 116 Å². The van der Waals surface area contributed by atoms with E-state index in [0.717, 1.165) is 16.7 Å². The van der Waals surface area contributed by atoms with E-state index < -0.39 is 9.84 Å². The molecule has 108 valence electrons. The molecule has 0 heterocycles. The Morgan fingerprint density at radius 1 is 1.16 bits per heavy atom. The largest absolute Gasteiger partial charge is 0.490 e. The van der Waals surface area contributed by atoms with Gasteiger partial charge in [-0.2, -0.15) is 0 Å². The number of aryl methyl sites for hydroxylation is 1. The van der Waals surface area contributed by atoms with Crippen LogP contribution in [0, 0.1) is 6.92 Å². The SMILES string of the molecule is Cc1cc(C(C)C)cc(CS(C)(=O)=O)c1OC(C)C. The predicted molar refractivity (Wildman–Crippen MR) is 79.6 cm³/mol. The highest BCUT2D eigenvalue weighted by Crippen LogP contribution is 2.30. The standard InChI is InChI=1S/C15H24O3S/c1-10(2)13-7-12(5)15(18-11(3)4)14(8-13)9-19(6,16)17/h7-8,10-11H,9H2,1-6H3. The van der Waals surface area contributed by atoms with Crippen LogP contribution in [0.25, 0.3) is 0 Å². The fourth-order valence-corrected chi connectivity index (χ4v) is 2.78. The van der Waals surface area contributed by atoms with Crippen LogP contribution in [0.1, 0.15) is 50.3 Å². The van der Waals surface area contributed by atoms with Crippen LogP contribution >= 0.6 is 0 Å². The smallest absolute Gasteiger partial charge is 0.151 e. The summed E-state index contributed by atoms with van der Waals surface area (Å²) in [6, 6.07) is 4.03. The maximum Gasteiger partial charge on any atom is 0.151 e. The monoisotopic (exact) mass is 284 g/mol. The summed E-state index contributed by atoms with van der Waals surface area (Å²) in [5.74, 6) is 1.10. The minimum Gasteiger partial charge on any atom is -0.490 e. The van der Waals surface area contributed by atoms with Crippen molar-refractivity contribution in [3.8, 4) is 5.75 Å². The van der Waals surface area contributed by atoms with Crippen molar-refractivity contribution in [2.75, 3.05) is 6.26 Å².